The second-order valence-electron chi connectivity index (χ2n) is 7.82. The van der Waals surface area contributed by atoms with Crippen molar-refractivity contribution in [3.05, 3.63) is 82.9 Å². The molecule has 3 nitrogen and oxygen atoms in total. The fourth-order valence-electron chi connectivity index (χ4n) is 4.69. The number of aryl methyl sites for hydroxylation is 2. The van der Waals surface area contributed by atoms with Crippen molar-refractivity contribution in [2.24, 2.45) is 0 Å². The molecule has 0 spiro atoms. The number of hydrogen-bond donors (Lipinski definition) is 1. The predicted octanol–water partition coefficient (Wildman–Crippen LogP) is 2.48. The molecule has 0 saturated carbocycles. The lowest BCUT2D eigenvalue weighted by atomic mass is 9.99. The SMILES string of the molecule is O=C(c1ccc2c3c(cccc13)CC2)N1CC[NH+](Cc2ccccc2)CC1. The van der Waals surface area contributed by atoms with Crippen molar-refractivity contribution in [3.63, 3.8) is 0 Å². The molecule has 1 heterocycles. The van der Waals surface area contributed by atoms with Gasteiger partial charge in [0.2, 0.25) is 0 Å². The zero-order valence-corrected chi connectivity index (χ0v) is 15.6. The predicted molar refractivity (Wildman–Crippen MR) is 108 cm³/mol. The number of hydrogen-bond acceptors (Lipinski definition) is 1. The van der Waals surface area contributed by atoms with Gasteiger partial charge in [-0.2, -0.15) is 0 Å². The van der Waals surface area contributed by atoms with Crippen LogP contribution in [0.2, 0.25) is 0 Å². The van der Waals surface area contributed by atoms with E-state index in [1.54, 1.807) is 4.90 Å². The van der Waals surface area contributed by atoms with Crippen molar-refractivity contribution in [3.8, 4) is 0 Å². The quantitative estimate of drug-likeness (QED) is 0.765. The summed E-state index contributed by atoms with van der Waals surface area (Å²) in [5, 5.41) is 2.48. The summed E-state index contributed by atoms with van der Waals surface area (Å²) in [6.07, 6.45) is 2.21. The molecule has 136 valence electrons. The molecule has 3 aromatic carbocycles. The Kier molecular flexibility index (Phi) is 4.17. The lowest BCUT2D eigenvalue weighted by Gasteiger charge is -2.32. The van der Waals surface area contributed by atoms with Crippen LogP contribution in [0.1, 0.15) is 27.0 Å². The highest BCUT2D eigenvalue weighted by Crippen LogP contribution is 2.33. The van der Waals surface area contributed by atoms with Gasteiger partial charge in [-0.3, -0.25) is 4.79 Å². The number of nitrogens with one attached hydrogen (secondary N) is 1. The van der Waals surface area contributed by atoms with E-state index in [0.717, 1.165) is 56.5 Å². The van der Waals surface area contributed by atoms with Gasteiger partial charge in [0.05, 0.1) is 26.2 Å². The van der Waals surface area contributed by atoms with Gasteiger partial charge in [0.1, 0.15) is 6.54 Å². The van der Waals surface area contributed by atoms with Gasteiger partial charge in [-0.1, -0.05) is 54.6 Å². The standard InChI is InChI=1S/C24H24N2O/c27-24(22-12-11-20-10-9-19-7-4-8-21(22)23(19)20)26-15-13-25(14-16-26)17-18-5-2-1-3-6-18/h1-8,11-12H,9-10,13-17H2/p+1. The topological polar surface area (TPSA) is 24.8 Å². The molecule has 0 radical (unpaired) electrons. The van der Waals surface area contributed by atoms with E-state index in [9.17, 15) is 4.79 Å². The van der Waals surface area contributed by atoms with Crippen molar-refractivity contribution in [2.75, 3.05) is 26.2 Å². The van der Waals surface area contributed by atoms with E-state index in [-0.39, 0.29) is 5.91 Å². The Balaban J connectivity index is 1.32. The average Bonchev–Trinajstić information content (AvgIpc) is 3.14. The van der Waals surface area contributed by atoms with E-state index in [0.29, 0.717) is 0 Å². The van der Waals surface area contributed by atoms with Crippen LogP contribution < -0.4 is 4.90 Å². The van der Waals surface area contributed by atoms with Gasteiger partial charge in [-0.05, 0) is 40.8 Å². The van der Waals surface area contributed by atoms with Gasteiger partial charge in [-0.25, -0.2) is 0 Å². The number of piperazine rings is 1. The maximum Gasteiger partial charge on any atom is 0.254 e. The summed E-state index contributed by atoms with van der Waals surface area (Å²) in [4.78, 5) is 16.8. The monoisotopic (exact) mass is 357 g/mol. The second kappa shape index (κ2) is 6.82. The molecule has 2 aliphatic rings. The van der Waals surface area contributed by atoms with Gasteiger partial charge in [-0.15, -0.1) is 0 Å². The van der Waals surface area contributed by atoms with Crippen molar-refractivity contribution in [2.45, 2.75) is 19.4 Å². The molecule has 0 bridgehead atoms. The minimum atomic E-state index is 0.198. The maximum absolute atomic E-state index is 13.2. The minimum absolute atomic E-state index is 0.198. The first kappa shape index (κ1) is 16.5. The fraction of sp³-hybridized carbons (Fsp3) is 0.292. The molecule has 0 atom stereocenters. The molecular weight excluding hydrogens is 332 g/mol. The van der Waals surface area contributed by atoms with Crippen molar-refractivity contribution in [1.29, 1.82) is 0 Å². The molecule has 1 saturated heterocycles. The summed E-state index contributed by atoms with van der Waals surface area (Å²) in [6, 6.07) is 21.3. The molecule has 1 aliphatic heterocycles. The molecule has 1 amide bonds. The molecule has 1 N–H and O–H groups in total. The third-order valence-corrected chi connectivity index (χ3v) is 6.16. The summed E-state index contributed by atoms with van der Waals surface area (Å²) >= 11 is 0. The summed E-state index contributed by atoms with van der Waals surface area (Å²) in [5.74, 6) is 0.198. The Bertz CT molecular complexity index is 978. The summed E-state index contributed by atoms with van der Waals surface area (Å²) < 4.78 is 0. The van der Waals surface area contributed by atoms with Crippen LogP contribution in [0.3, 0.4) is 0 Å². The molecule has 1 fully saturated rings. The maximum atomic E-state index is 13.2. The zero-order chi connectivity index (χ0) is 18.2. The Morgan fingerprint density at radius 1 is 0.852 bits per heavy atom. The van der Waals surface area contributed by atoms with Gasteiger partial charge in [0.25, 0.3) is 5.91 Å². The Morgan fingerprint density at radius 3 is 2.37 bits per heavy atom. The lowest BCUT2D eigenvalue weighted by Crippen LogP contribution is -3.13. The third-order valence-electron chi connectivity index (χ3n) is 6.16. The van der Waals surface area contributed by atoms with E-state index in [1.807, 2.05) is 4.90 Å². The van der Waals surface area contributed by atoms with Crippen LogP contribution >= 0.6 is 0 Å². The van der Waals surface area contributed by atoms with Crippen LogP contribution in [0.25, 0.3) is 10.8 Å². The Hall–Kier alpha value is -2.65. The summed E-state index contributed by atoms with van der Waals surface area (Å²) in [6.45, 7) is 4.75. The van der Waals surface area contributed by atoms with Crippen molar-refractivity contribution >= 4 is 16.7 Å². The summed E-state index contributed by atoms with van der Waals surface area (Å²) in [5.41, 5.74) is 5.05. The number of rotatable bonds is 3. The van der Waals surface area contributed by atoms with E-state index in [4.69, 9.17) is 0 Å². The van der Waals surface area contributed by atoms with Crippen LogP contribution in [0.4, 0.5) is 0 Å². The van der Waals surface area contributed by atoms with Gasteiger partial charge in [0, 0.05) is 11.1 Å². The molecule has 5 rings (SSSR count). The van der Waals surface area contributed by atoms with Gasteiger partial charge < -0.3 is 9.80 Å². The number of quaternary nitrogens is 1. The van der Waals surface area contributed by atoms with Crippen molar-refractivity contribution in [1.82, 2.24) is 4.90 Å². The number of nitrogens with zero attached hydrogens (tertiary/aromatic N) is 1. The van der Waals surface area contributed by atoms with Crippen LogP contribution in [0, 0.1) is 0 Å². The highest BCUT2D eigenvalue weighted by Gasteiger charge is 2.26. The molecule has 3 heteroatoms. The van der Waals surface area contributed by atoms with Crippen LogP contribution in [0.5, 0.6) is 0 Å². The average molecular weight is 357 g/mol. The van der Waals surface area contributed by atoms with Crippen LogP contribution in [-0.4, -0.2) is 37.0 Å². The van der Waals surface area contributed by atoms with Crippen LogP contribution in [-0.2, 0) is 19.4 Å². The normalized spacial score (nSPS) is 16.8. The first-order valence-corrected chi connectivity index (χ1v) is 10.00. The van der Waals surface area contributed by atoms with E-state index < -0.39 is 0 Å². The molecular formula is C24H25N2O+. The highest BCUT2D eigenvalue weighted by atomic mass is 16.2. The Labute approximate surface area is 160 Å². The largest absolute Gasteiger partial charge is 0.328 e. The fourth-order valence-corrected chi connectivity index (χ4v) is 4.69. The van der Waals surface area contributed by atoms with E-state index in [1.165, 1.54) is 22.1 Å². The molecule has 3 aromatic rings. The smallest absolute Gasteiger partial charge is 0.254 e. The molecule has 0 unspecified atom stereocenters. The number of carbonyl (C=O) groups is 1. The minimum Gasteiger partial charge on any atom is -0.328 e. The second-order valence-corrected chi connectivity index (χ2v) is 7.82. The van der Waals surface area contributed by atoms with Gasteiger partial charge >= 0.3 is 0 Å². The van der Waals surface area contributed by atoms with Crippen LogP contribution in [0.15, 0.2) is 60.7 Å². The Morgan fingerprint density at radius 2 is 1.59 bits per heavy atom. The first-order valence-electron chi connectivity index (χ1n) is 10.00. The number of benzene rings is 3. The van der Waals surface area contributed by atoms with Crippen molar-refractivity contribution < 1.29 is 9.69 Å². The number of carbonyl (C=O) groups excluding carboxylic acids is 1. The highest BCUT2D eigenvalue weighted by molar-refractivity contribution is 6.09. The number of amides is 1. The van der Waals surface area contributed by atoms with E-state index >= 15 is 0 Å². The molecule has 27 heavy (non-hydrogen) atoms. The molecule has 1 aliphatic carbocycles. The summed E-state index contributed by atoms with van der Waals surface area (Å²) in [7, 11) is 0. The lowest BCUT2D eigenvalue weighted by molar-refractivity contribution is -0.917. The zero-order valence-electron chi connectivity index (χ0n) is 15.6. The van der Waals surface area contributed by atoms with Gasteiger partial charge in [0.15, 0.2) is 0 Å². The first-order chi connectivity index (χ1) is 13.3. The third kappa shape index (κ3) is 3.02. The molecule has 0 aromatic heterocycles. The van der Waals surface area contributed by atoms with E-state index in [2.05, 4.69) is 60.7 Å².